The lowest BCUT2D eigenvalue weighted by Crippen LogP contribution is -2.42. The second kappa shape index (κ2) is 13.7. The Hall–Kier alpha value is -4.91. The van der Waals surface area contributed by atoms with E-state index < -0.39 is 52.6 Å². The van der Waals surface area contributed by atoms with E-state index in [1.165, 1.54) is 23.1 Å². The molecule has 5 aromatic rings. The molecule has 5 rings (SSSR count). The molecule has 0 aliphatic heterocycles. The molecule has 0 saturated carbocycles. The number of alkyl halides is 6. The highest BCUT2D eigenvalue weighted by Crippen LogP contribution is 2.38. The van der Waals surface area contributed by atoms with Crippen molar-refractivity contribution in [2.45, 2.75) is 38.2 Å². The lowest BCUT2D eigenvalue weighted by Gasteiger charge is -2.32. The molecule has 0 radical (unpaired) electrons. The van der Waals surface area contributed by atoms with Gasteiger partial charge in [0.2, 0.25) is 0 Å². The SMILES string of the molecule is CCC(c1nc2ccccc2c(=O)n1-c1ccc(F)c(Cl)c1)N(CCc1ccccc1)C(=O)Nc1cc(C(F)(F)F)cc(C(F)(F)F)c1. The number of aromatic nitrogens is 2. The van der Waals surface area contributed by atoms with Crippen molar-refractivity contribution in [1.29, 1.82) is 0 Å². The zero-order chi connectivity index (χ0) is 34.8. The molecule has 0 aliphatic carbocycles. The predicted molar refractivity (Wildman–Crippen MR) is 168 cm³/mol. The van der Waals surface area contributed by atoms with Crippen molar-refractivity contribution in [3.05, 3.63) is 135 Å². The molecule has 0 fully saturated rings. The highest BCUT2D eigenvalue weighted by molar-refractivity contribution is 6.30. The molecule has 14 heteroatoms. The summed E-state index contributed by atoms with van der Waals surface area (Å²) in [5, 5.41) is 2.12. The summed E-state index contributed by atoms with van der Waals surface area (Å²) in [6, 6.07) is 17.5. The van der Waals surface area contributed by atoms with Crippen LogP contribution < -0.4 is 10.9 Å². The summed E-state index contributed by atoms with van der Waals surface area (Å²) in [6.45, 7) is 1.58. The van der Waals surface area contributed by atoms with E-state index in [1.807, 2.05) is 0 Å². The van der Waals surface area contributed by atoms with Crippen LogP contribution in [-0.4, -0.2) is 27.0 Å². The molecular formula is C34H26ClF7N4O2. The van der Waals surface area contributed by atoms with Crippen LogP contribution in [0.3, 0.4) is 0 Å². The number of hydrogen-bond donors (Lipinski definition) is 1. The summed E-state index contributed by atoms with van der Waals surface area (Å²) in [7, 11) is 0. The van der Waals surface area contributed by atoms with E-state index in [-0.39, 0.29) is 52.9 Å². The number of fused-ring (bicyclic) bond motifs is 1. The third-order valence-electron chi connectivity index (χ3n) is 7.61. The smallest absolute Gasteiger partial charge is 0.314 e. The van der Waals surface area contributed by atoms with Gasteiger partial charge in [0, 0.05) is 12.2 Å². The molecule has 1 atom stereocenters. The van der Waals surface area contributed by atoms with Gasteiger partial charge in [-0.05, 0) is 66.9 Å². The van der Waals surface area contributed by atoms with Gasteiger partial charge in [-0.15, -0.1) is 0 Å². The van der Waals surface area contributed by atoms with E-state index in [2.05, 4.69) is 5.32 Å². The lowest BCUT2D eigenvalue weighted by atomic mass is 10.1. The van der Waals surface area contributed by atoms with Crippen molar-refractivity contribution in [1.82, 2.24) is 14.5 Å². The van der Waals surface area contributed by atoms with Gasteiger partial charge in [-0.2, -0.15) is 26.3 Å². The van der Waals surface area contributed by atoms with Crippen LogP contribution in [0.15, 0.2) is 95.8 Å². The summed E-state index contributed by atoms with van der Waals surface area (Å²) in [6.07, 6.45) is -9.96. The normalized spacial score (nSPS) is 12.6. The molecule has 1 N–H and O–H groups in total. The average molecular weight is 691 g/mol. The number of rotatable bonds is 8. The molecule has 0 spiro atoms. The third kappa shape index (κ3) is 7.46. The summed E-state index contributed by atoms with van der Waals surface area (Å²) in [5.74, 6) is -0.744. The van der Waals surface area contributed by atoms with Gasteiger partial charge in [-0.1, -0.05) is 61.0 Å². The quantitative estimate of drug-likeness (QED) is 0.165. The minimum Gasteiger partial charge on any atom is -0.314 e. The van der Waals surface area contributed by atoms with Crippen molar-refractivity contribution < 1.29 is 35.5 Å². The van der Waals surface area contributed by atoms with Crippen molar-refractivity contribution in [3.8, 4) is 5.69 Å². The van der Waals surface area contributed by atoms with Gasteiger partial charge in [-0.3, -0.25) is 9.36 Å². The number of nitrogens with one attached hydrogen (secondary N) is 1. The fraction of sp³-hybridized carbons (Fsp3) is 0.206. The van der Waals surface area contributed by atoms with Crippen molar-refractivity contribution in [2.24, 2.45) is 0 Å². The topological polar surface area (TPSA) is 67.2 Å². The predicted octanol–water partition coefficient (Wildman–Crippen LogP) is 9.44. The lowest BCUT2D eigenvalue weighted by molar-refractivity contribution is -0.143. The summed E-state index contributed by atoms with van der Waals surface area (Å²) >= 11 is 6.07. The highest BCUT2D eigenvalue weighted by atomic mass is 35.5. The van der Waals surface area contributed by atoms with E-state index in [0.717, 1.165) is 16.2 Å². The Kier molecular flexibility index (Phi) is 9.81. The average Bonchev–Trinajstić information content (AvgIpc) is 3.04. The minimum absolute atomic E-state index is 0.00658. The summed E-state index contributed by atoms with van der Waals surface area (Å²) in [5.41, 5.74) is -3.37. The van der Waals surface area contributed by atoms with Crippen LogP contribution in [0.4, 0.5) is 41.2 Å². The Morgan fingerprint density at radius 3 is 2.12 bits per heavy atom. The highest BCUT2D eigenvalue weighted by Gasteiger charge is 2.37. The monoisotopic (exact) mass is 690 g/mol. The Morgan fingerprint density at radius 2 is 1.52 bits per heavy atom. The number of urea groups is 1. The maximum atomic E-state index is 14.2. The molecule has 6 nitrogen and oxygen atoms in total. The number of amides is 2. The van der Waals surface area contributed by atoms with Gasteiger partial charge in [0.15, 0.2) is 0 Å². The van der Waals surface area contributed by atoms with Crippen LogP contribution in [0.2, 0.25) is 5.02 Å². The number of halogens is 8. The molecule has 0 bridgehead atoms. The standard InChI is InChI=1S/C34H26ClF7N4O2/c1-2-29(30-44-28-11-7-6-10-25(28)31(47)46(30)24-12-13-27(36)26(35)19-24)45(15-14-20-8-4-3-5-9-20)32(48)43-23-17-21(33(37,38)39)16-22(18-23)34(40,41)42/h3-13,16-19,29H,2,14-15H2,1H3,(H,43,48). The number of anilines is 1. The number of nitrogens with zero attached hydrogens (tertiary/aromatic N) is 3. The van der Waals surface area contributed by atoms with Crippen molar-refractivity contribution in [2.75, 3.05) is 11.9 Å². The van der Waals surface area contributed by atoms with E-state index in [0.29, 0.717) is 12.1 Å². The summed E-state index contributed by atoms with van der Waals surface area (Å²) in [4.78, 5) is 33.8. The second-order valence-corrected chi connectivity index (χ2v) is 11.2. The maximum absolute atomic E-state index is 14.2. The zero-order valence-corrected chi connectivity index (χ0v) is 25.8. The number of carbonyl (C=O) groups is 1. The van der Waals surface area contributed by atoms with Crippen LogP contribution in [0, 0.1) is 5.82 Å². The first-order chi connectivity index (χ1) is 22.7. The van der Waals surface area contributed by atoms with Crippen LogP contribution in [0.25, 0.3) is 16.6 Å². The molecule has 4 aromatic carbocycles. The molecule has 2 amide bonds. The van der Waals surface area contributed by atoms with Crippen LogP contribution in [-0.2, 0) is 18.8 Å². The number of hydrogen-bond acceptors (Lipinski definition) is 3. The number of benzene rings is 4. The Balaban J connectivity index is 1.66. The third-order valence-corrected chi connectivity index (χ3v) is 7.90. The maximum Gasteiger partial charge on any atom is 0.416 e. The zero-order valence-electron chi connectivity index (χ0n) is 25.0. The molecule has 0 aliphatic rings. The van der Waals surface area contributed by atoms with E-state index >= 15 is 0 Å². The van der Waals surface area contributed by atoms with Gasteiger partial charge >= 0.3 is 18.4 Å². The largest absolute Gasteiger partial charge is 0.416 e. The molecule has 48 heavy (non-hydrogen) atoms. The van der Waals surface area contributed by atoms with Gasteiger partial charge in [0.1, 0.15) is 11.6 Å². The number of para-hydroxylation sites is 1. The first-order valence-electron chi connectivity index (χ1n) is 14.6. The van der Waals surface area contributed by atoms with E-state index in [4.69, 9.17) is 16.6 Å². The fourth-order valence-electron chi connectivity index (χ4n) is 5.30. The van der Waals surface area contributed by atoms with Gasteiger partial charge in [0.25, 0.3) is 5.56 Å². The molecule has 0 saturated heterocycles. The fourth-order valence-corrected chi connectivity index (χ4v) is 5.48. The molecule has 1 unspecified atom stereocenters. The van der Waals surface area contributed by atoms with Crippen LogP contribution >= 0.6 is 11.6 Å². The Morgan fingerprint density at radius 1 is 0.896 bits per heavy atom. The van der Waals surface area contributed by atoms with Crippen molar-refractivity contribution in [3.63, 3.8) is 0 Å². The number of carbonyl (C=O) groups excluding carboxylic acids is 1. The Bertz CT molecular complexity index is 1980. The molecule has 250 valence electrons. The Labute approximate surface area is 274 Å². The van der Waals surface area contributed by atoms with Gasteiger partial charge in [0.05, 0.1) is 38.8 Å². The first kappa shape index (κ1) is 34.4. The van der Waals surface area contributed by atoms with Crippen LogP contribution in [0.1, 0.15) is 41.9 Å². The van der Waals surface area contributed by atoms with E-state index in [9.17, 15) is 40.3 Å². The van der Waals surface area contributed by atoms with Crippen LogP contribution in [0.5, 0.6) is 0 Å². The minimum atomic E-state index is -5.14. The summed E-state index contributed by atoms with van der Waals surface area (Å²) < 4.78 is 97.0. The molecular weight excluding hydrogens is 665 g/mol. The van der Waals surface area contributed by atoms with Gasteiger partial charge in [-0.25, -0.2) is 14.2 Å². The van der Waals surface area contributed by atoms with Gasteiger partial charge < -0.3 is 10.2 Å². The molecule has 1 heterocycles. The van der Waals surface area contributed by atoms with Crippen molar-refractivity contribution >= 4 is 34.2 Å². The second-order valence-electron chi connectivity index (χ2n) is 10.8. The molecule has 1 aromatic heterocycles. The first-order valence-corrected chi connectivity index (χ1v) is 14.9. The van der Waals surface area contributed by atoms with E-state index in [1.54, 1.807) is 55.5 Å².